The fourth-order valence-electron chi connectivity index (χ4n) is 6.75. The zero-order chi connectivity index (χ0) is 42.8. The second kappa shape index (κ2) is 16.8. The maximum absolute atomic E-state index is 13.4. The number of hydrogen-bond acceptors (Lipinski definition) is 14. The molecule has 1 fully saturated rings. The van der Waals surface area contributed by atoms with E-state index in [-0.39, 0.29) is 72.6 Å². The molecule has 0 radical (unpaired) electrons. The van der Waals surface area contributed by atoms with Gasteiger partial charge >= 0.3 is 0 Å². The van der Waals surface area contributed by atoms with Crippen LogP contribution in [0.1, 0.15) is 75.4 Å². The number of nitrogens with one attached hydrogen (secondary N) is 3. The number of aromatic nitrogens is 5. The van der Waals surface area contributed by atoms with Crippen molar-refractivity contribution in [3.63, 3.8) is 0 Å². The number of anilines is 2. The highest BCUT2D eigenvalue weighted by Gasteiger charge is 2.45. The molecule has 18 nitrogen and oxygen atoms in total. The summed E-state index contributed by atoms with van der Waals surface area (Å²) >= 11 is 6.72. The molecule has 4 heterocycles. The Kier molecular flexibility index (Phi) is 11.5. The lowest BCUT2D eigenvalue weighted by Crippen LogP contribution is -2.54. The molecule has 0 bridgehead atoms. The molecule has 7 rings (SSSR count). The predicted octanol–water partition coefficient (Wildman–Crippen LogP) is 3.96. The molecule has 1 atom stereocenters. The van der Waals surface area contributed by atoms with Gasteiger partial charge in [0, 0.05) is 35.5 Å². The summed E-state index contributed by atoms with van der Waals surface area (Å²) in [4.78, 5) is 59.6. The molecule has 2 aliphatic heterocycles. The Morgan fingerprint density at radius 2 is 1.77 bits per heavy atom. The van der Waals surface area contributed by atoms with Crippen LogP contribution in [-0.2, 0) is 44.7 Å². The van der Waals surface area contributed by atoms with Gasteiger partial charge in [0.15, 0.2) is 5.75 Å². The van der Waals surface area contributed by atoms with E-state index in [4.69, 9.17) is 21.1 Å². The third-order valence-corrected chi connectivity index (χ3v) is 10.8. The molecule has 1 saturated heterocycles. The number of hydrogen-bond donors (Lipinski definition) is 3. The quantitative estimate of drug-likeness (QED) is 0.126. The highest BCUT2D eigenvalue weighted by molar-refractivity contribution is 7.92. The minimum Gasteiger partial charge on any atom is -0.489 e. The minimum atomic E-state index is -3.49. The molecule has 60 heavy (non-hydrogen) atoms. The standard InChI is InChI=1S/C40H37ClN10O8S/c1-40(2,25-7-9-28(10-8-25)59-22-23-18-44-39(45-19-23)48-60(3,56)57)26-15-24(17-42)35(30(41)16-26)58-14-13-50-21-27(47-49-50)20-43-31-6-4-5-29-34(31)38(55)51(37(29)54)32-11-12-33(52)46-36(32)53/h4-10,15-16,18-19,21,32,43H,11-14,20,22H2,1-3H3,(H,44,45,48)(H,46,52,53). The average Bonchev–Trinajstić information content (AvgIpc) is 3.77. The first-order valence-corrected chi connectivity index (χ1v) is 20.7. The molecular formula is C40H37ClN10O8S. The van der Waals surface area contributed by atoms with E-state index in [0.717, 1.165) is 22.3 Å². The fraction of sp³-hybridized carbons (Fsp3) is 0.275. The first-order chi connectivity index (χ1) is 28.6. The van der Waals surface area contributed by atoms with Crippen LogP contribution in [0.25, 0.3) is 0 Å². The number of imide groups is 2. The van der Waals surface area contributed by atoms with Gasteiger partial charge in [-0.15, -0.1) is 5.10 Å². The number of benzene rings is 3. The number of sulfonamides is 1. The number of carbonyl (C=O) groups is 4. The van der Waals surface area contributed by atoms with Crippen LogP contribution in [0.4, 0.5) is 11.6 Å². The van der Waals surface area contributed by atoms with Gasteiger partial charge in [-0.05, 0) is 53.9 Å². The summed E-state index contributed by atoms with van der Waals surface area (Å²) in [6.45, 7) is 4.72. The molecular weight excluding hydrogens is 816 g/mol. The highest BCUT2D eigenvalue weighted by atomic mass is 35.5. The van der Waals surface area contributed by atoms with E-state index >= 15 is 0 Å². The van der Waals surface area contributed by atoms with Crippen LogP contribution in [-0.4, -0.2) is 80.8 Å². The van der Waals surface area contributed by atoms with Crippen molar-refractivity contribution in [1.29, 1.82) is 5.26 Å². The first-order valence-electron chi connectivity index (χ1n) is 18.5. The van der Waals surface area contributed by atoms with Crippen LogP contribution in [0, 0.1) is 11.3 Å². The van der Waals surface area contributed by atoms with Crippen LogP contribution in [0.5, 0.6) is 11.5 Å². The molecule has 3 aromatic carbocycles. The van der Waals surface area contributed by atoms with E-state index in [9.17, 15) is 32.9 Å². The predicted molar refractivity (Wildman–Crippen MR) is 216 cm³/mol. The lowest BCUT2D eigenvalue weighted by molar-refractivity contribution is -0.136. The molecule has 308 valence electrons. The average molecular weight is 853 g/mol. The van der Waals surface area contributed by atoms with Crippen molar-refractivity contribution in [2.45, 2.75) is 57.8 Å². The SMILES string of the molecule is CC(C)(c1ccc(OCc2cnc(NS(C)(=O)=O)nc2)cc1)c1cc(Cl)c(OCCn2cc(CNc3cccc4c3C(=O)N(C3CCC(=O)NC3=O)C4=O)nn2)c(C#N)c1. The monoisotopic (exact) mass is 852 g/mol. The number of nitriles is 1. The lowest BCUT2D eigenvalue weighted by atomic mass is 9.77. The van der Waals surface area contributed by atoms with Crippen molar-refractivity contribution in [1.82, 2.24) is 35.2 Å². The fourth-order valence-corrected chi connectivity index (χ4v) is 7.46. The Morgan fingerprint density at radius 3 is 2.47 bits per heavy atom. The number of rotatable bonds is 15. The van der Waals surface area contributed by atoms with Crippen molar-refractivity contribution < 1.29 is 37.1 Å². The van der Waals surface area contributed by atoms with Crippen molar-refractivity contribution in [2.75, 3.05) is 22.9 Å². The van der Waals surface area contributed by atoms with E-state index in [1.54, 1.807) is 35.1 Å². The van der Waals surface area contributed by atoms with Crippen LogP contribution in [0.2, 0.25) is 5.02 Å². The highest BCUT2D eigenvalue weighted by Crippen LogP contribution is 2.39. The van der Waals surface area contributed by atoms with Crippen LogP contribution in [0.15, 0.2) is 73.2 Å². The van der Waals surface area contributed by atoms with Crippen molar-refractivity contribution >= 4 is 56.9 Å². The van der Waals surface area contributed by atoms with Gasteiger partial charge in [-0.1, -0.05) is 48.9 Å². The van der Waals surface area contributed by atoms with Crippen molar-refractivity contribution in [3.05, 3.63) is 117 Å². The van der Waals surface area contributed by atoms with Gasteiger partial charge in [0.1, 0.15) is 36.8 Å². The molecule has 3 N–H and O–H groups in total. The molecule has 20 heteroatoms. The molecule has 0 saturated carbocycles. The zero-order valence-electron chi connectivity index (χ0n) is 32.4. The molecule has 0 spiro atoms. The number of fused-ring (bicyclic) bond motifs is 1. The summed E-state index contributed by atoms with van der Waals surface area (Å²) in [5.74, 6) is -1.56. The molecule has 5 aromatic rings. The Labute approximate surface area is 348 Å². The van der Waals surface area contributed by atoms with Gasteiger partial charge in [-0.25, -0.2) is 23.1 Å². The summed E-state index contributed by atoms with van der Waals surface area (Å²) in [6, 6.07) is 16.9. The van der Waals surface area contributed by atoms with Gasteiger partial charge in [0.2, 0.25) is 27.8 Å². The third-order valence-electron chi connectivity index (χ3n) is 9.93. The smallest absolute Gasteiger partial charge is 0.264 e. The normalized spacial score (nSPS) is 15.3. The topological polar surface area (TPSA) is 240 Å². The first kappa shape index (κ1) is 41.3. The number of amides is 4. The van der Waals surface area contributed by atoms with Gasteiger partial charge < -0.3 is 14.8 Å². The van der Waals surface area contributed by atoms with Gasteiger partial charge in [0.05, 0.1) is 47.3 Å². The number of nitrogens with zero attached hydrogens (tertiary/aromatic N) is 7. The van der Waals surface area contributed by atoms with Crippen molar-refractivity contribution in [2.24, 2.45) is 0 Å². The molecule has 0 aliphatic carbocycles. The van der Waals surface area contributed by atoms with Crippen LogP contribution >= 0.6 is 11.6 Å². The summed E-state index contributed by atoms with van der Waals surface area (Å²) in [6.07, 6.45) is 5.73. The summed E-state index contributed by atoms with van der Waals surface area (Å²) < 4.78 is 38.4. The van der Waals surface area contributed by atoms with Crippen LogP contribution in [0.3, 0.4) is 0 Å². The Bertz CT molecular complexity index is 2660. The molecule has 4 amide bonds. The molecule has 1 unspecified atom stereocenters. The second-order valence-corrected chi connectivity index (χ2v) is 16.7. The van der Waals surface area contributed by atoms with Crippen LogP contribution < -0.4 is 24.8 Å². The van der Waals surface area contributed by atoms with Gasteiger partial charge in [0.25, 0.3) is 11.8 Å². The zero-order valence-corrected chi connectivity index (χ0v) is 34.0. The third kappa shape index (κ3) is 8.89. The summed E-state index contributed by atoms with van der Waals surface area (Å²) in [5.41, 5.74) is 3.26. The number of halogens is 1. The minimum absolute atomic E-state index is 0.0243. The Morgan fingerprint density at radius 1 is 1.02 bits per heavy atom. The maximum atomic E-state index is 13.4. The van der Waals surface area contributed by atoms with E-state index in [2.05, 4.69) is 41.7 Å². The second-order valence-electron chi connectivity index (χ2n) is 14.5. The number of carbonyl (C=O) groups excluding carboxylic acids is 4. The number of ether oxygens (including phenoxy) is 2. The van der Waals surface area contributed by atoms with E-state index in [0.29, 0.717) is 22.7 Å². The number of piperidine rings is 1. The van der Waals surface area contributed by atoms with E-state index in [1.165, 1.54) is 18.5 Å². The summed E-state index contributed by atoms with van der Waals surface area (Å²) in [7, 11) is -3.49. The van der Waals surface area contributed by atoms with Gasteiger partial charge in [-0.2, -0.15) is 5.26 Å². The summed E-state index contributed by atoms with van der Waals surface area (Å²) in [5, 5.41) is 24.0. The maximum Gasteiger partial charge on any atom is 0.264 e. The largest absolute Gasteiger partial charge is 0.489 e. The molecule has 2 aromatic heterocycles. The Hall–Kier alpha value is -6.91. The van der Waals surface area contributed by atoms with E-state index in [1.807, 2.05) is 38.1 Å². The van der Waals surface area contributed by atoms with Crippen molar-refractivity contribution in [3.8, 4) is 17.6 Å². The molecule has 2 aliphatic rings. The lowest BCUT2D eigenvalue weighted by Gasteiger charge is -2.27. The van der Waals surface area contributed by atoms with Gasteiger partial charge in [-0.3, -0.25) is 34.1 Å². The Balaban J connectivity index is 0.934. The van der Waals surface area contributed by atoms with E-state index < -0.39 is 45.1 Å².